The standard InChI is InChI=1S/C13H9NO3/c1-7(15)17-11-6-5-10-12-8(11)3-2-4-9(12)13(16)14-10/h2-6H,1H3,(H,14,16). The Bertz CT molecular complexity index is 661. The van der Waals surface area contributed by atoms with Crippen molar-refractivity contribution in [3.63, 3.8) is 0 Å². The van der Waals surface area contributed by atoms with E-state index in [4.69, 9.17) is 4.74 Å². The monoisotopic (exact) mass is 227 g/mol. The third-order valence-corrected chi connectivity index (χ3v) is 2.75. The predicted octanol–water partition coefficient (Wildman–Crippen LogP) is 2.33. The van der Waals surface area contributed by atoms with Crippen LogP contribution in [0, 0.1) is 0 Å². The van der Waals surface area contributed by atoms with Gasteiger partial charge in [-0.15, -0.1) is 0 Å². The van der Waals surface area contributed by atoms with E-state index < -0.39 is 0 Å². The third-order valence-electron chi connectivity index (χ3n) is 2.75. The lowest BCUT2D eigenvalue weighted by Crippen LogP contribution is -2.03. The highest BCUT2D eigenvalue weighted by molar-refractivity contribution is 6.24. The third kappa shape index (κ3) is 1.38. The van der Waals surface area contributed by atoms with Crippen molar-refractivity contribution in [2.24, 2.45) is 0 Å². The zero-order valence-electron chi connectivity index (χ0n) is 9.11. The molecule has 2 aromatic rings. The van der Waals surface area contributed by atoms with Crippen molar-refractivity contribution in [3.8, 4) is 5.75 Å². The molecular formula is C13H9NO3. The number of anilines is 1. The Hall–Kier alpha value is -2.36. The Kier molecular flexibility index (Phi) is 1.92. The maximum atomic E-state index is 11.7. The van der Waals surface area contributed by atoms with Gasteiger partial charge < -0.3 is 10.1 Å². The summed E-state index contributed by atoms with van der Waals surface area (Å²) >= 11 is 0. The Labute approximate surface area is 97.2 Å². The average Bonchev–Trinajstić information content (AvgIpc) is 2.61. The number of benzene rings is 2. The van der Waals surface area contributed by atoms with Crippen molar-refractivity contribution >= 4 is 28.3 Å². The summed E-state index contributed by atoms with van der Waals surface area (Å²) in [6.45, 7) is 1.35. The van der Waals surface area contributed by atoms with Gasteiger partial charge in [0.05, 0.1) is 0 Å². The van der Waals surface area contributed by atoms with Gasteiger partial charge in [-0.2, -0.15) is 0 Å². The molecular weight excluding hydrogens is 218 g/mol. The molecule has 0 saturated carbocycles. The lowest BCUT2D eigenvalue weighted by Gasteiger charge is -2.06. The molecule has 0 radical (unpaired) electrons. The number of hydrogen-bond donors (Lipinski definition) is 1. The molecule has 0 aromatic heterocycles. The molecule has 0 fully saturated rings. The summed E-state index contributed by atoms with van der Waals surface area (Å²) < 4.78 is 5.12. The number of ether oxygens (including phenoxy) is 1. The summed E-state index contributed by atoms with van der Waals surface area (Å²) in [5.74, 6) is -0.0110. The Balaban J connectivity index is 2.33. The first kappa shape index (κ1) is 9.84. The van der Waals surface area contributed by atoms with Gasteiger partial charge in [0.25, 0.3) is 5.91 Å². The van der Waals surface area contributed by atoms with Crippen LogP contribution in [0.2, 0.25) is 0 Å². The van der Waals surface area contributed by atoms with Gasteiger partial charge in [-0.3, -0.25) is 9.59 Å². The minimum absolute atomic E-state index is 0.120. The van der Waals surface area contributed by atoms with Crippen LogP contribution in [-0.2, 0) is 4.79 Å². The minimum atomic E-state index is -0.372. The van der Waals surface area contributed by atoms with Crippen molar-refractivity contribution in [1.29, 1.82) is 0 Å². The number of amides is 1. The van der Waals surface area contributed by atoms with E-state index in [0.29, 0.717) is 11.3 Å². The van der Waals surface area contributed by atoms with E-state index >= 15 is 0 Å². The highest BCUT2D eigenvalue weighted by atomic mass is 16.5. The summed E-state index contributed by atoms with van der Waals surface area (Å²) in [4.78, 5) is 22.7. The van der Waals surface area contributed by atoms with Gasteiger partial charge in [0.15, 0.2) is 0 Å². The average molecular weight is 227 g/mol. The maximum Gasteiger partial charge on any atom is 0.308 e. The molecule has 3 rings (SSSR count). The first-order valence-corrected chi connectivity index (χ1v) is 5.22. The molecule has 0 unspecified atom stereocenters. The normalized spacial score (nSPS) is 12.6. The Morgan fingerprint density at radius 2 is 2.06 bits per heavy atom. The SMILES string of the molecule is CC(=O)Oc1ccc2c3c(cccc13)C(=O)N2. The van der Waals surface area contributed by atoms with Gasteiger partial charge in [-0.25, -0.2) is 0 Å². The molecule has 4 heteroatoms. The fourth-order valence-electron chi connectivity index (χ4n) is 2.11. The second kappa shape index (κ2) is 3.31. The van der Waals surface area contributed by atoms with Crippen molar-refractivity contribution in [2.45, 2.75) is 6.92 Å². The molecule has 0 spiro atoms. The molecule has 0 aliphatic carbocycles. The molecule has 84 valence electrons. The number of hydrogen-bond acceptors (Lipinski definition) is 3. The van der Waals surface area contributed by atoms with Gasteiger partial charge in [0, 0.05) is 28.9 Å². The van der Waals surface area contributed by atoms with E-state index in [2.05, 4.69) is 5.32 Å². The minimum Gasteiger partial charge on any atom is -0.426 e. The van der Waals surface area contributed by atoms with Crippen molar-refractivity contribution in [2.75, 3.05) is 5.32 Å². The Morgan fingerprint density at radius 3 is 2.82 bits per heavy atom. The molecule has 2 aromatic carbocycles. The largest absolute Gasteiger partial charge is 0.426 e. The second-order valence-electron chi connectivity index (χ2n) is 3.89. The molecule has 0 bridgehead atoms. The molecule has 1 aliphatic rings. The highest BCUT2D eigenvalue weighted by Gasteiger charge is 2.22. The van der Waals surface area contributed by atoms with Gasteiger partial charge in [-0.05, 0) is 18.2 Å². The maximum absolute atomic E-state index is 11.7. The van der Waals surface area contributed by atoms with Gasteiger partial charge in [-0.1, -0.05) is 12.1 Å². The second-order valence-corrected chi connectivity index (χ2v) is 3.89. The highest BCUT2D eigenvalue weighted by Crippen LogP contribution is 2.37. The lowest BCUT2D eigenvalue weighted by molar-refractivity contribution is -0.131. The van der Waals surface area contributed by atoms with Crippen molar-refractivity contribution in [3.05, 3.63) is 35.9 Å². The molecule has 1 heterocycles. The van der Waals surface area contributed by atoms with Gasteiger partial charge >= 0.3 is 5.97 Å². The number of carbonyl (C=O) groups excluding carboxylic acids is 2. The van der Waals surface area contributed by atoms with Crippen LogP contribution >= 0.6 is 0 Å². The summed E-state index contributed by atoms with van der Waals surface area (Å²) in [6, 6.07) is 8.80. The summed E-state index contributed by atoms with van der Waals surface area (Å²) in [7, 11) is 0. The topological polar surface area (TPSA) is 55.4 Å². The van der Waals surface area contributed by atoms with Crippen LogP contribution in [0.4, 0.5) is 5.69 Å². The van der Waals surface area contributed by atoms with Crippen molar-refractivity contribution < 1.29 is 14.3 Å². The van der Waals surface area contributed by atoms with E-state index in [1.165, 1.54) is 6.92 Å². The number of carbonyl (C=O) groups is 2. The zero-order valence-corrected chi connectivity index (χ0v) is 9.11. The number of rotatable bonds is 1. The zero-order chi connectivity index (χ0) is 12.0. The van der Waals surface area contributed by atoms with Crippen LogP contribution in [0.1, 0.15) is 17.3 Å². The number of esters is 1. The van der Waals surface area contributed by atoms with Gasteiger partial charge in [0.1, 0.15) is 5.75 Å². The summed E-state index contributed by atoms with van der Waals surface area (Å²) in [5.41, 5.74) is 1.38. The summed E-state index contributed by atoms with van der Waals surface area (Å²) in [5, 5.41) is 4.36. The first-order valence-electron chi connectivity index (χ1n) is 5.22. The van der Waals surface area contributed by atoms with Crippen LogP contribution in [0.3, 0.4) is 0 Å². The lowest BCUT2D eigenvalue weighted by atomic mass is 10.0. The Morgan fingerprint density at radius 1 is 1.24 bits per heavy atom. The molecule has 1 N–H and O–H groups in total. The fourth-order valence-corrected chi connectivity index (χ4v) is 2.11. The molecule has 1 aliphatic heterocycles. The fraction of sp³-hybridized carbons (Fsp3) is 0.0769. The van der Waals surface area contributed by atoms with Crippen LogP contribution in [0.25, 0.3) is 10.8 Å². The summed E-state index contributed by atoms with van der Waals surface area (Å²) in [6.07, 6.45) is 0. The smallest absolute Gasteiger partial charge is 0.308 e. The van der Waals surface area contributed by atoms with E-state index in [1.807, 2.05) is 6.07 Å². The molecule has 0 atom stereocenters. The molecule has 1 amide bonds. The quantitative estimate of drug-likeness (QED) is 0.601. The first-order chi connectivity index (χ1) is 8.16. The van der Waals surface area contributed by atoms with E-state index in [0.717, 1.165) is 16.5 Å². The molecule has 17 heavy (non-hydrogen) atoms. The van der Waals surface area contributed by atoms with Gasteiger partial charge in [0.2, 0.25) is 0 Å². The predicted molar refractivity (Wildman–Crippen MR) is 63.2 cm³/mol. The van der Waals surface area contributed by atoms with Crippen molar-refractivity contribution in [1.82, 2.24) is 0 Å². The van der Waals surface area contributed by atoms with Crippen LogP contribution in [-0.4, -0.2) is 11.9 Å². The van der Waals surface area contributed by atoms with E-state index in [-0.39, 0.29) is 11.9 Å². The van der Waals surface area contributed by atoms with Crippen LogP contribution < -0.4 is 10.1 Å². The van der Waals surface area contributed by atoms with E-state index in [9.17, 15) is 9.59 Å². The van der Waals surface area contributed by atoms with E-state index in [1.54, 1.807) is 24.3 Å². The number of nitrogens with one attached hydrogen (secondary N) is 1. The molecule has 4 nitrogen and oxygen atoms in total. The van der Waals surface area contributed by atoms with Crippen LogP contribution in [0.5, 0.6) is 5.75 Å². The van der Waals surface area contributed by atoms with Crippen LogP contribution in [0.15, 0.2) is 30.3 Å². The molecule has 0 saturated heterocycles.